The molecular weight excluding hydrogens is 158 g/mol. The lowest BCUT2D eigenvalue weighted by atomic mass is 10.0. The Morgan fingerprint density at radius 2 is 2.09 bits per heavy atom. The van der Waals surface area contributed by atoms with E-state index in [1.165, 1.54) is 0 Å². The predicted molar refractivity (Wildman–Crippen MR) is 50.7 cm³/mol. The lowest BCUT2D eigenvalue weighted by molar-refractivity contribution is -0.120. The molecule has 0 aromatic heterocycles. The molecule has 0 saturated heterocycles. The summed E-state index contributed by atoms with van der Waals surface area (Å²) in [5, 5.41) is 0. The molecule has 11 heavy (non-hydrogen) atoms. The van der Waals surface area contributed by atoms with Crippen molar-refractivity contribution in [3.63, 3.8) is 0 Å². The molecule has 1 atom stereocenters. The van der Waals surface area contributed by atoms with Gasteiger partial charge in [-0.3, -0.25) is 9.52 Å². The van der Waals surface area contributed by atoms with E-state index >= 15 is 0 Å². The maximum absolute atomic E-state index is 11.2. The van der Waals surface area contributed by atoms with Crippen LogP contribution in [0.3, 0.4) is 0 Å². The third kappa shape index (κ3) is 4.43. The summed E-state index contributed by atoms with van der Waals surface area (Å²) in [6, 6.07) is -0.0664. The molecule has 0 spiro atoms. The number of Topliss-reactive ketones (excluding diaryl/α,β-unsaturated/α-hetero) is 1. The van der Waals surface area contributed by atoms with Crippen molar-refractivity contribution in [1.29, 1.82) is 0 Å². The molecule has 0 amide bonds. The van der Waals surface area contributed by atoms with Crippen LogP contribution in [-0.2, 0) is 4.79 Å². The molecule has 0 bridgehead atoms. The van der Waals surface area contributed by atoms with Gasteiger partial charge in [-0.2, -0.15) is 0 Å². The molecule has 0 aliphatic rings. The first-order chi connectivity index (χ1) is 5.11. The molecule has 0 rings (SSSR count). The number of rotatable bonds is 5. The average molecular weight is 175 g/mol. The molecular formula is C8H17NOS. The van der Waals surface area contributed by atoms with Crippen molar-refractivity contribution in [1.82, 2.24) is 4.72 Å². The van der Waals surface area contributed by atoms with E-state index in [1.54, 1.807) is 0 Å². The molecule has 66 valence electrons. The molecule has 0 fully saturated rings. The molecule has 3 heteroatoms. The van der Waals surface area contributed by atoms with Crippen LogP contribution < -0.4 is 4.72 Å². The van der Waals surface area contributed by atoms with Crippen LogP contribution in [0.4, 0.5) is 0 Å². The number of ketones is 1. The van der Waals surface area contributed by atoms with Crippen LogP contribution in [0.5, 0.6) is 0 Å². The molecule has 0 saturated carbocycles. The van der Waals surface area contributed by atoms with Gasteiger partial charge in [0.1, 0.15) is 5.78 Å². The summed E-state index contributed by atoms with van der Waals surface area (Å²) < 4.78 is 2.73. The van der Waals surface area contributed by atoms with Crippen LogP contribution >= 0.6 is 12.8 Å². The van der Waals surface area contributed by atoms with Crippen molar-refractivity contribution in [2.45, 2.75) is 39.7 Å². The average Bonchev–Trinajstić information content (AvgIpc) is 1.98. The zero-order valence-corrected chi connectivity index (χ0v) is 8.32. The van der Waals surface area contributed by atoms with Gasteiger partial charge in [0.05, 0.1) is 6.04 Å². The summed E-state index contributed by atoms with van der Waals surface area (Å²) in [5.41, 5.74) is 0. The normalized spacial score (nSPS) is 13.5. The van der Waals surface area contributed by atoms with Gasteiger partial charge in [0.2, 0.25) is 0 Å². The second-order valence-corrected chi connectivity index (χ2v) is 3.39. The quantitative estimate of drug-likeness (QED) is 0.624. The summed E-state index contributed by atoms with van der Waals surface area (Å²) in [6.45, 7) is 6.07. The van der Waals surface area contributed by atoms with E-state index in [4.69, 9.17) is 0 Å². The third-order valence-electron chi connectivity index (χ3n) is 1.60. The summed E-state index contributed by atoms with van der Waals surface area (Å²) in [5.74, 6) is 0.781. The minimum atomic E-state index is -0.0664. The SMILES string of the molecule is CCC(=O)C(CC(C)C)NS. The highest BCUT2D eigenvalue weighted by atomic mass is 32.1. The molecule has 0 radical (unpaired) electrons. The largest absolute Gasteiger partial charge is 0.298 e. The van der Waals surface area contributed by atoms with Crippen molar-refractivity contribution < 1.29 is 4.79 Å². The number of hydrogen-bond donors (Lipinski definition) is 2. The van der Waals surface area contributed by atoms with E-state index in [1.807, 2.05) is 6.92 Å². The maximum Gasteiger partial charge on any atom is 0.150 e. The monoisotopic (exact) mass is 175 g/mol. The maximum atomic E-state index is 11.2. The molecule has 0 aromatic rings. The highest BCUT2D eigenvalue weighted by Crippen LogP contribution is 2.07. The Kier molecular flexibility index (Phi) is 5.60. The molecule has 0 aromatic carbocycles. The molecule has 0 aliphatic carbocycles. The van der Waals surface area contributed by atoms with E-state index in [2.05, 4.69) is 31.4 Å². The Morgan fingerprint density at radius 3 is 2.36 bits per heavy atom. The van der Waals surface area contributed by atoms with Gasteiger partial charge >= 0.3 is 0 Å². The Bertz CT molecular complexity index is 125. The summed E-state index contributed by atoms with van der Waals surface area (Å²) >= 11 is 3.91. The van der Waals surface area contributed by atoms with E-state index in [0.717, 1.165) is 6.42 Å². The fourth-order valence-corrected chi connectivity index (χ4v) is 1.22. The minimum absolute atomic E-state index is 0.0664. The standard InChI is InChI=1S/C8H17NOS/c1-4-8(10)7(9-11)5-6(2)3/h6-7,9,11H,4-5H2,1-3H3. The van der Waals surface area contributed by atoms with Gasteiger partial charge in [-0.25, -0.2) is 0 Å². The van der Waals surface area contributed by atoms with Crippen LogP contribution in [0.25, 0.3) is 0 Å². The smallest absolute Gasteiger partial charge is 0.150 e. The highest BCUT2D eigenvalue weighted by molar-refractivity contribution is 7.78. The van der Waals surface area contributed by atoms with E-state index in [9.17, 15) is 4.79 Å². The second-order valence-electron chi connectivity index (χ2n) is 3.13. The molecule has 0 heterocycles. The van der Waals surface area contributed by atoms with Crippen LogP contribution in [0.2, 0.25) is 0 Å². The van der Waals surface area contributed by atoms with Gasteiger partial charge < -0.3 is 0 Å². The fourth-order valence-electron chi connectivity index (χ4n) is 0.974. The van der Waals surface area contributed by atoms with Crippen molar-refractivity contribution in [3.05, 3.63) is 0 Å². The summed E-state index contributed by atoms with van der Waals surface area (Å²) in [4.78, 5) is 11.2. The predicted octanol–water partition coefficient (Wildman–Crippen LogP) is 1.81. The van der Waals surface area contributed by atoms with Gasteiger partial charge in [0.25, 0.3) is 0 Å². The van der Waals surface area contributed by atoms with Crippen molar-refractivity contribution >= 4 is 18.6 Å². The zero-order chi connectivity index (χ0) is 8.85. The highest BCUT2D eigenvalue weighted by Gasteiger charge is 2.15. The van der Waals surface area contributed by atoms with Gasteiger partial charge in [0.15, 0.2) is 0 Å². The van der Waals surface area contributed by atoms with Crippen molar-refractivity contribution in [2.24, 2.45) is 5.92 Å². The zero-order valence-electron chi connectivity index (χ0n) is 7.42. The number of thiol groups is 1. The molecule has 1 N–H and O–H groups in total. The van der Waals surface area contributed by atoms with Crippen molar-refractivity contribution in [2.75, 3.05) is 0 Å². The van der Waals surface area contributed by atoms with Gasteiger partial charge in [-0.1, -0.05) is 33.6 Å². The Balaban J connectivity index is 3.84. The van der Waals surface area contributed by atoms with Gasteiger partial charge in [-0.15, -0.1) is 0 Å². The number of carbonyl (C=O) groups is 1. The van der Waals surface area contributed by atoms with Crippen LogP contribution in [0.1, 0.15) is 33.6 Å². The van der Waals surface area contributed by atoms with Crippen LogP contribution in [0.15, 0.2) is 0 Å². The van der Waals surface area contributed by atoms with E-state index in [0.29, 0.717) is 12.3 Å². The van der Waals surface area contributed by atoms with E-state index < -0.39 is 0 Å². The van der Waals surface area contributed by atoms with E-state index in [-0.39, 0.29) is 11.8 Å². The first kappa shape index (κ1) is 11.0. The second kappa shape index (κ2) is 5.61. The summed E-state index contributed by atoms with van der Waals surface area (Å²) in [7, 11) is 0. The Morgan fingerprint density at radius 1 is 1.55 bits per heavy atom. The third-order valence-corrected chi connectivity index (χ3v) is 1.91. The fraction of sp³-hybridized carbons (Fsp3) is 0.875. The van der Waals surface area contributed by atoms with Crippen LogP contribution in [-0.4, -0.2) is 11.8 Å². The lowest BCUT2D eigenvalue weighted by Gasteiger charge is -2.14. The molecule has 2 nitrogen and oxygen atoms in total. The molecule has 1 unspecified atom stereocenters. The first-order valence-electron chi connectivity index (χ1n) is 4.04. The van der Waals surface area contributed by atoms with Gasteiger partial charge in [0, 0.05) is 6.42 Å². The van der Waals surface area contributed by atoms with Gasteiger partial charge in [-0.05, 0) is 12.3 Å². The number of nitrogens with one attached hydrogen (secondary N) is 1. The Hall–Kier alpha value is -0.0200. The Labute approximate surface area is 74.3 Å². The molecule has 0 aliphatic heterocycles. The van der Waals surface area contributed by atoms with Crippen LogP contribution in [0, 0.1) is 5.92 Å². The topological polar surface area (TPSA) is 29.1 Å². The number of hydrogen-bond acceptors (Lipinski definition) is 3. The lowest BCUT2D eigenvalue weighted by Crippen LogP contribution is -2.31. The number of carbonyl (C=O) groups excluding carboxylic acids is 1. The first-order valence-corrected chi connectivity index (χ1v) is 4.48. The minimum Gasteiger partial charge on any atom is -0.298 e. The van der Waals surface area contributed by atoms with Crippen molar-refractivity contribution in [3.8, 4) is 0 Å². The summed E-state index contributed by atoms with van der Waals surface area (Å²) in [6.07, 6.45) is 1.46.